The fraction of sp³-hybridized carbons (Fsp3) is 0.773. The van der Waals surface area contributed by atoms with Crippen LogP contribution in [0.4, 0.5) is 9.93 Å². The van der Waals surface area contributed by atoms with Crippen molar-refractivity contribution >= 4 is 38.5 Å². The third kappa shape index (κ3) is 7.62. The molecule has 0 bridgehead atoms. The molecule has 0 aromatic carbocycles. The summed E-state index contributed by atoms with van der Waals surface area (Å²) in [5, 5.41) is 11.7. The number of rotatable bonds is 11. The van der Waals surface area contributed by atoms with Gasteiger partial charge in [-0.1, -0.05) is 37.5 Å². The summed E-state index contributed by atoms with van der Waals surface area (Å²) in [6, 6.07) is 0.0695. The van der Waals surface area contributed by atoms with E-state index in [1.165, 1.54) is 12.6 Å². The van der Waals surface area contributed by atoms with Crippen molar-refractivity contribution in [1.82, 2.24) is 14.6 Å². The molecule has 0 unspecified atom stereocenters. The topological polar surface area (TPSA) is 138 Å². The van der Waals surface area contributed by atoms with Crippen molar-refractivity contribution in [3.8, 4) is 0 Å². The highest BCUT2D eigenvalue weighted by Gasteiger charge is 2.35. The zero-order valence-electron chi connectivity index (χ0n) is 19.7. The number of nitrogens with one attached hydrogen (secondary N) is 2. The summed E-state index contributed by atoms with van der Waals surface area (Å²) in [6.07, 6.45) is 11.1. The number of nitrogens with zero attached hydrogens (tertiary/aromatic N) is 2. The second-order valence-corrected chi connectivity index (χ2v) is 12.0. The first-order chi connectivity index (χ1) is 16.3. The van der Waals surface area contributed by atoms with Crippen LogP contribution in [0.15, 0.2) is 10.4 Å². The highest BCUT2D eigenvalue weighted by molar-refractivity contribution is 7.91. The Morgan fingerprint density at radius 1 is 1.15 bits per heavy atom. The maximum absolute atomic E-state index is 13.4. The largest absolute Gasteiger partial charge is 0.481 e. The standard InChI is InChI=1S/C22H36N4O6S2/c1-2-14-32-18-10-8-17(9-11-18)26(16-6-4-3-5-7-16)22(29)25-21-23-15-20(33-21)34(30,31)24-13-12-19(27)28/h15-18,24H,2-14H2,1H3,(H,27,28)(H,23,25,29)/t17-,18-. The molecular weight excluding hydrogens is 480 g/mol. The fourth-order valence-electron chi connectivity index (χ4n) is 4.72. The van der Waals surface area contributed by atoms with Crippen LogP contribution in [0.1, 0.15) is 77.6 Å². The minimum absolute atomic E-state index is 0.0639. The number of aliphatic carboxylic acids is 1. The number of amides is 2. The molecule has 192 valence electrons. The Bertz CT molecular complexity index is 908. The Balaban J connectivity index is 1.65. The number of sulfonamides is 1. The van der Waals surface area contributed by atoms with Gasteiger partial charge in [0, 0.05) is 25.2 Å². The smallest absolute Gasteiger partial charge is 0.324 e. The lowest BCUT2D eigenvalue weighted by atomic mass is 9.88. The summed E-state index contributed by atoms with van der Waals surface area (Å²) in [5.41, 5.74) is 0. The molecule has 1 heterocycles. The van der Waals surface area contributed by atoms with Crippen LogP contribution in [0.25, 0.3) is 0 Å². The molecule has 1 aromatic heterocycles. The fourth-order valence-corrected chi connectivity index (χ4v) is 6.82. The van der Waals surface area contributed by atoms with Gasteiger partial charge in [0.25, 0.3) is 10.0 Å². The molecule has 2 fully saturated rings. The van der Waals surface area contributed by atoms with Crippen molar-refractivity contribution in [3.05, 3.63) is 6.20 Å². The number of carboxylic acid groups (broad SMARTS) is 1. The number of hydrogen-bond acceptors (Lipinski definition) is 7. The van der Waals surface area contributed by atoms with Gasteiger partial charge in [-0.2, -0.15) is 0 Å². The minimum atomic E-state index is -3.88. The van der Waals surface area contributed by atoms with Gasteiger partial charge in [0.2, 0.25) is 0 Å². The molecule has 12 heteroatoms. The van der Waals surface area contributed by atoms with E-state index in [4.69, 9.17) is 9.84 Å². The average Bonchev–Trinajstić information content (AvgIpc) is 3.28. The summed E-state index contributed by atoms with van der Waals surface area (Å²) in [6.45, 7) is 2.65. The highest BCUT2D eigenvalue weighted by atomic mass is 32.2. The molecule has 2 aliphatic carbocycles. The van der Waals surface area contributed by atoms with Crippen LogP contribution in [-0.2, 0) is 19.6 Å². The summed E-state index contributed by atoms with van der Waals surface area (Å²) in [7, 11) is -3.88. The molecule has 0 atom stereocenters. The Morgan fingerprint density at radius 3 is 2.47 bits per heavy atom. The van der Waals surface area contributed by atoms with E-state index in [1.807, 2.05) is 4.90 Å². The number of ether oxygens (including phenoxy) is 1. The second kappa shape index (κ2) is 12.8. The van der Waals surface area contributed by atoms with Crippen LogP contribution >= 0.6 is 11.3 Å². The maximum atomic E-state index is 13.4. The van der Waals surface area contributed by atoms with Gasteiger partial charge in [-0.15, -0.1) is 0 Å². The maximum Gasteiger partial charge on any atom is 0.324 e. The molecule has 0 spiro atoms. The second-order valence-electron chi connectivity index (χ2n) is 8.96. The lowest BCUT2D eigenvalue weighted by Crippen LogP contribution is -2.51. The number of thiazole rings is 1. The molecule has 0 radical (unpaired) electrons. The molecule has 2 aliphatic rings. The Morgan fingerprint density at radius 2 is 1.82 bits per heavy atom. The number of carbonyl (C=O) groups excluding carboxylic acids is 1. The number of anilines is 1. The molecule has 2 saturated carbocycles. The third-order valence-electron chi connectivity index (χ3n) is 6.39. The Hall–Kier alpha value is -1.76. The molecule has 0 saturated heterocycles. The quantitative estimate of drug-likeness (QED) is 0.407. The molecule has 3 rings (SSSR count). The van der Waals surface area contributed by atoms with Gasteiger partial charge >= 0.3 is 12.0 Å². The Kier molecular flexibility index (Phi) is 10.1. The first-order valence-corrected chi connectivity index (χ1v) is 14.5. The first kappa shape index (κ1) is 26.8. The number of aromatic nitrogens is 1. The van der Waals surface area contributed by atoms with E-state index in [1.54, 1.807) is 0 Å². The average molecular weight is 517 g/mol. The van der Waals surface area contributed by atoms with Crippen LogP contribution in [0, 0.1) is 0 Å². The predicted octanol–water partition coefficient (Wildman–Crippen LogP) is 3.80. The van der Waals surface area contributed by atoms with Crippen LogP contribution in [0.2, 0.25) is 0 Å². The van der Waals surface area contributed by atoms with Gasteiger partial charge in [0.05, 0.1) is 18.7 Å². The lowest BCUT2D eigenvalue weighted by Gasteiger charge is -2.42. The zero-order chi connectivity index (χ0) is 24.6. The molecular formula is C22H36N4O6S2. The number of hydrogen-bond donors (Lipinski definition) is 3. The lowest BCUT2D eigenvalue weighted by molar-refractivity contribution is -0.136. The predicted molar refractivity (Wildman–Crippen MR) is 130 cm³/mol. The van der Waals surface area contributed by atoms with Gasteiger partial charge in [0.1, 0.15) is 0 Å². The molecule has 10 nitrogen and oxygen atoms in total. The number of carbonyl (C=O) groups is 2. The third-order valence-corrected chi connectivity index (χ3v) is 9.23. The number of urea groups is 1. The Labute approximate surface area is 205 Å². The van der Waals surface area contributed by atoms with Crippen LogP contribution in [0.3, 0.4) is 0 Å². The van der Waals surface area contributed by atoms with Crippen molar-refractivity contribution in [3.63, 3.8) is 0 Å². The number of carboxylic acids is 1. The first-order valence-electron chi connectivity index (χ1n) is 12.2. The summed E-state index contributed by atoms with van der Waals surface area (Å²) in [4.78, 5) is 30.1. The summed E-state index contributed by atoms with van der Waals surface area (Å²) >= 11 is 0.860. The SMILES string of the molecule is CCCO[C@H]1CC[C@H](N(C(=O)Nc2ncc(S(=O)(=O)NCCC(=O)O)s2)C2CCCCC2)CC1. The van der Waals surface area contributed by atoms with Crippen LogP contribution in [-0.4, -0.2) is 66.7 Å². The van der Waals surface area contributed by atoms with E-state index in [0.717, 1.165) is 75.7 Å². The van der Waals surface area contributed by atoms with Crippen molar-refractivity contribution in [1.29, 1.82) is 0 Å². The summed E-state index contributed by atoms with van der Waals surface area (Å²) in [5.74, 6) is -1.09. The monoisotopic (exact) mass is 516 g/mol. The molecule has 3 N–H and O–H groups in total. The van der Waals surface area contributed by atoms with E-state index in [2.05, 4.69) is 21.9 Å². The van der Waals surface area contributed by atoms with E-state index >= 15 is 0 Å². The van der Waals surface area contributed by atoms with Crippen LogP contribution < -0.4 is 10.0 Å². The van der Waals surface area contributed by atoms with E-state index in [0.29, 0.717) is 0 Å². The van der Waals surface area contributed by atoms with Gasteiger partial charge in [0.15, 0.2) is 9.34 Å². The van der Waals surface area contributed by atoms with E-state index in [-0.39, 0.29) is 46.5 Å². The molecule has 0 aliphatic heterocycles. The van der Waals surface area contributed by atoms with Crippen molar-refractivity contribution < 1.29 is 27.9 Å². The summed E-state index contributed by atoms with van der Waals surface area (Å²) < 4.78 is 32.9. The van der Waals surface area contributed by atoms with Crippen molar-refractivity contribution in [2.75, 3.05) is 18.5 Å². The molecule has 1 aromatic rings. The zero-order valence-corrected chi connectivity index (χ0v) is 21.3. The van der Waals surface area contributed by atoms with Crippen LogP contribution in [0.5, 0.6) is 0 Å². The van der Waals surface area contributed by atoms with Gasteiger partial charge < -0.3 is 14.7 Å². The van der Waals surface area contributed by atoms with E-state index in [9.17, 15) is 18.0 Å². The normalized spacial score (nSPS) is 21.8. The van der Waals surface area contributed by atoms with E-state index < -0.39 is 16.0 Å². The highest BCUT2D eigenvalue weighted by Crippen LogP contribution is 2.32. The van der Waals surface area contributed by atoms with Gasteiger partial charge in [-0.25, -0.2) is 22.9 Å². The van der Waals surface area contributed by atoms with Crippen molar-refractivity contribution in [2.45, 2.75) is 99.9 Å². The molecule has 2 amide bonds. The van der Waals surface area contributed by atoms with Crippen molar-refractivity contribution in [2.24, 2.45) is 0 Å². The van der Waals surface area contributed by atoms with Gasteiger partial charge in [-0.3, -0.25) is 10.1 Å². The molecule has 34 heavy (non-hydrogen) atoms. The minimum Gasteiger partial charge on any atom is -0.481 e. The van der Waals surface area contributed by atoms with Gasteiger partial charge in [-0.05, 0) is 44.9 Å².